The summed E-state index contributed by atoms with van der Waals surface area (Å²) in [7, 11) is 0. The smallest absolute Gasteiger partial charge is 0.397 e. The summed E-state index contributed by atoms with van der Waals surface area (Å²) < 4.78 is 40.8. The average Bonchev–Trinajstić information content (AvgIpc) is 2.84. The average molecular weight is 292 g/mol. The Morgan fingerprint density at radius 1 is 1.00 bits per heavy atom. The zero-order valence-corrected chi connectivity index (χ0v) is 11.3. The van der Waals surface area contributed by atoms with E-state index in [2.05, 4.69) is 0 Å². The second-order valence-corrected chi connectivity index (χ2v) is 5.15. The minimum absolute atomic E-state index is 0.237. The maximum Gasteiger partial charge on any atom is 0.412 e. The first-order valence-electron chi connectivity index (χ1n) is 6.74. The second kappa shape index (κ2) is 4.98. The van der Waals surface area contributed by atoms with Crippen LogP contribution in [-0.2, 0) is 6.42 Å². The lowest BCUT2D eigenvalue weighted by molar-refractivity contribution is -0.150. The Hall–Kier alpha value is -2.17. The molecule has 0 bridgehead atoms. The van der Waals surface area contributed by atoms with Gasteiger partial charge in [-0.1, -0.05) is 42.5 Å². The van der Waals surface area contributed by atoms with Gasteiger partial charge in [0, 0.05) is 6.54 Å². The van der Waals surface area contributed by atoms with E-state index in [4.69, 9.17) is 5.73 Å². The highest BCUT2D eigenvalue weighted by Gasteiger charge is 2.46. The summed E-state index contributed by atoms with van der Waals surface area (Å²) in [5, 5.41) is 0. The number of benzene rings is 2. The van der Waals surface area contributed by atoms with Crippen molar-refractivity contribution in [2.24, 2.45) is 0 Å². The van der Waals surface area contributed by atoms with Crippen LogP contribution in [0.5, 0.6) is 0 Å². The van der Waals surface area contributed by atoms with Crippen LogP contribution < -0.4 is 10.6 Å². The predicted molar refractivity (Wildman–Crippen MR) is 77.1 cm³/mol. The van der Waals surface area contributed by atoms with Gasteiger partial charge in [-0.3, -0.25) is 0 Å². The summed E-state index contributed by atoms with van der Waals surface area (Å²) in [5.74, 6) is 0. The molecule has 1 aliphatic rings. The van der Waals surface area contributed by atoms with Crippen molar-refractivity contribution in [1.82, 2.24) is 0 Å². The lowest BCUT2D eigenvalue weighted by Crippen LogP contribution is -2.37. The largest absolute Gasteiger partial charge is 0.412 e. The molecule has 0 saturated heterocycles. The van der Waals surface area contributed by atoms with Gasteiger partial charge in [0.1, 0.15) is 0 Å². The van der Waals surface area contributed by atoms with Gasteiger partial charge in [0.05, 0.1) is 11.4 Å². The van der Waals surface area contributed by atoms with E-state index in [9.17, 15) is 13.2 Å². The number of anilines is 2. The third-order valence-electron chi connectivity index (χ3n) is 3.80. The molecule has 2 N–H and O–H groups in total. The van der Waals surface area contributed by atoms with E-state index in [1.165, 1.54) is 17.0 Å². The Morgan fingerprint density at radius 2 is 1.71 bits per heavy atom. The fraction of sp³-hybridized carbons (Fsp3) is 0.250. The molecule has 5 heteroatoms. The Kier molecular flexibility index (Phi) is 3.27. The summed E-state index contributed by atoms with van der Waals surface area (Å²) in [4.78, 5) is 1.38. The highest BCUT2D eigenvalue weighted by atomic mass is 19.4. The third kappa shape index (κ3) is 2.44. The monoisotopic (exact) mass is 292 g/mol. The molecule has 2 aromatic rings. The van der Waals surface area contributed by atoms with Crippen LogP contribution in [0.15, 0.2) is 48.5 Å². The molecule has 110 valence electrons. The summed E-state index contributed by atoms with van der Waals surface area (Å²) in [5.41, 5.74) is 7.94. The number of halogens is 3. The Morgan fingerprint density at radius 3 is 2.38 bits per heavy atom. The number of rotatable bonds is 2. The Labute approximate surface area is 121 Å². The topological polar surface area (TPSA) is 29.3 Å². The van der Waals surface area contributed by atoms with Gasteiger partial charge in [-0.05, 0) is 23.6 Å². The molecule has 1 aliphatic heterocycles. The van der Waals surface area contributed by atoms with Gasteiger partial charge in [0.15, 0.2) is 6.04 Å². The molecular formula is C16H15F3N2. The van der Waals surface area contributed by atoms with Crippen molar-refractivity contribution < 1.29 is 13.2 Å². The van der Waals surface area contributed by atoms with E-state index in [1.54, 1.807) is 30.3 Å². The van der Waals surface area contributed by atoms with E-state index in [1.807, 2.05) is 6.07 Å². The van der Waals surface area contributed by atoms with Crippen molar-refractivity contribution in [3.8, 4) is 0 Å². The van der Waals surface area contributed by atoms with Crippen LogP contribution in [0.4, 0.5) is 24.5 Å². The predicted octanol–water partition coefficient (Wildman–Crippen LogP) is 3.93. The first-order chi connectivity index (χ1) is 9.98. The van der Waals surface area contributed by atoms with Gasteiger partial charge in [0.25, 0.3) is 0 Å². The molecule has 0 aliphatic carbocycles. The van der Waals surface area contributed by atoms with Crippen LogP contribution in [0, 0.1) is 0 Å². The molecule has 0 amide bonds. The van der Waals surface area contributed by atoms with Crippen molar-refractivity contribution in [1.29, 1.82) is 0 Å². The number of hydrogen-bond acceptors (Lipinski definition) is 2. The number of fused-ring (bicyclic) bond motifs is 1. The molecule has 0 spiro atoms. The number of nitrogens with zero attached hydrogens (tertiary/aromatic N) is 1. The van der Waals surface area contributed by atoms with E-state index >= 15 is 0 Å². The fourth-order valence-corrected chi connectivity index (χ4v) is 2.96. The lowest BCUT2D eigenvalue weighted by atomic mass is 10.0. The van der Waals surface area contributed by atoms with E-state index in [0.29, 0.717) is 24.3 Å². The summed E-state index contributed by atoms with van der Waals surface area (Å²) in [6.07, 6.45) is -3.77. The van der Waals surface area contributed by atoms with Crippen LogP contribution in [0.2, 0.25) is 0 Å². The van der Waals surface area contributed by atoms with E-state index < -0.39 is 12.2 Å². The molecule has 1 atom stereocenters. The van der Waals surface area contributed by atoms with Gasteiger partial charge >= 0.3 is 6.18 Å². The minimum atomic E-state index is -4.36. The number of para-hydroxylation sites is 1. The zero-order chi connectivity index (χ0) is 15.0. The van der Waals surface area contributed by atoms with Crippen LogP contribution in [0.25, 0.3) is 0 Å². The lowest BCUT2D eigenvalue weighted by Gasteiger charge is -2.33. The maximum absolute atomic E-state index is 13.6. The second-order valence-electron chi connectivity index (χ2n) is 5.15. The minimum Gasteiger partial charge on any atom is -0.397 e. The standard InChI is InChI=1S/C16H15F3N2/c17-16(18,19)15(12-5-2-1-3-6-12)21-10-9-11-7-4-8-13(20)14(11)21/h1-8,15H,9-10,20H2. The third-order valence-corrected chi connectivity index (χ3v) is 3.80. The maximum atomic E-state index is 13.6. The van der Waals surface area contributed by atoms with Crippen LogP contribution in [0.3, 0.4) is 0 Å². The quantitative estimate of drug-likeness (QED) is 0.850. The van der Waals surface area contributed by atoms with Gasteiger partial charge in [0.2, 0.25) is 0 Å². The number of nitrogen functional groups attached to an aromatic ring is 1. The van der Waals surface area contributed by atoms with E-state index in [-0.39, 0.29) is 5.56 Å². The first kappa shape index (κ1) is 13.8. The van der Waals surface area contributed by atoms with Gasteiger partial charge in [-0.25, -0.2) is 0 Å². The van der Waals surface area contributed by atoms with Crippen molar-refractivity contribution in [3.05, 3.63) is 59.7 Å². The fourth-order valence-electron chi connectivity index (χ4n) is 2.96. The molecule has 0 saturated carbocycles. The highest BCUT2D eigenvalue weighted by Crippen LogP contribution is 2.45. The van der Waals surface area contributed by atoms with Crippen molar-refractivity contribution in [2.45, 2.75) is 18.6 Å². The molecule has 21 heavy (non-hydrogen) atoms. The van der Waals surface area contributed by atoms with Crippen LogP contribution in [0.1, 0.15) is 17.2 Å². The normalized spacial score (nSPS) is 15.9. The van der Waals surface area contributed by atoms with Gasteiger partial charge in [-0.2, -0.15) is 13.2 Å². The van der Waals surface area contributed by atoms with Gasteiger partial charge in [-0.15, -0.1) is 0 Å². The summed E-state index contributed by atoms with van der Waals surface area (Å²) >= 11 is 0. The molecule has 0 aromatic heterocycles. The molecule has 1 unspecified atom stereocenters. The van der Waals surface area contributed by atoms with E-state index in [0.717, 1.165) is 5.56 Å². The zero-order valence-electron chi connectivity index (χ0n) is 11.3. The number of hydrogen-bond donors (Lipinski definition) is 1. The molecule has 1 heterocycles. The van der Waals surface area contributed by atoms with Crippen LogP contribution in [-0.4, -0.2) is 12.7 Å². The Bertz CT molecular complexity index is 638. The highest BCUT2D eigenvalue weighted by molar-refractivity contribution is 5.75. The van der Waals surface area contributed by atoms with Crippen molar-refractivity contribution >= 4 is 11.4 Å². The van der Waals surface area contributed by atoms with Gasteiger partial charge < -0.3 is 10.6 Å². The SMILES string of the molecule is Nc1cccc2c1N(C(c1ccccc1)C(F)(F)F)CC2. The van der Waals surface area contributed by atoms with Crippen molar-refractivity contribution in [2.75, 3.05) is 17.2 Å². The van der Waals surface area contributed by atoms with Crippen LogP contribution >= 0.6 is 0 Å². The Balaban J connectivity index is 2.09. The number of nitrogens with two attached hydrogens (primary N) is 1. The number of alkyl halides is 3. The molecular weight excluding hydrogens is 277 g/mol. The van der Waals surface area contributed by atoms with Crippen molar-refractivity contribution in [3.63, 3.8) is 0 Å². The molecule has 0 fully saturated rings. The first-order valence-corrected chi connectivity index (χ1v) is 6.74. The summed E-state index contributed by atoms with van der Waals surface area (Å²) in [6.45, 7) is 0.322. The molecule has 2 nitrogen and oxygen atoms in total. The molecule has 3 rings (SSSR count). The molecule has 2 aromatic carbocycles. The molecule has 0 radical (unpaired) electrons. The summed E-state index contributed by atoms with van der Waals surface area (Å²) in [6, 6.07) is 11.6.